The molecule has 9 rings (SSSR count). The quantitative estimate of drug-likeness (QED) is 0.163. The number of rotatable bonds is 8. The van der Waals surface area contributed by atoms with Crippen LogP contribution in [0.5, 0.6) is 5.75 Å². The standard InChI is InChI=1S/C38H41F5N8O2/c1-3-29(52)51-17-36(18-51)9-12-48(13-10-36)34-26-14-25(23-5-6-23)31(30-22(2)4-7-28-27(30)15-44-47-28)33(53-21-38(41,42)43)32(26)45-35(46-34)49-11-8-24(16-49)50-19-37(39,40)20-50/h3-4,7,14-15,23-24H,1,5-6,8-13,16-21H2,2H3,(H,44,47)/t24-/m0/s1. The van der Waals surface area contributed by atoms with Crippen molar-refractivity contribution in [3.8, 4) is 16.9 Å². The number of likely N-dealkylation sites (tertiary alicyclic amines) is 2. The maximum Gasteiger partial charge on any atom is 0.422 e. The normalized spacial score (nSPS) is 22.8. The average molecular weight is 737 g/mol. The number of hydrogen-bond acceptors (Lipinski definition) is 8. The van der Waals surface area contributed by atoms with Crippen molar-refractivity contribution >= 4 is 39.5 Å². The van der Waals surface area contributed by atoms with Gasteiger partial charge in [-0.15, -0.1) is 0 Å². The number of hydrogen-bond donors (Lipinski definition) is 1. The number of piperidine rings is 1. The van der Waals surface area contributed by atoms with Gasteiger partial charge in [0.15, 0.2) is 12.4 Å². The number of H-pyrrole nitrogens is 1. The number of nitrogens with one attached hydrogen (secondary N) is 1. The zero-order valence-electron chi connectivity index (χ0n) is 29.5. The van der Waals surface area contributed by atoms with Crippen molar-refractivity contribution in [2.24, 2.45) is 5.41 Å². The van der Waals surface area contributed by atoms with Crippen LogP contribution in [0.4, 0.5) is 33.7 Å². The van der Waals surface area contributed by atoms with Gasteiger partial charge in [-0.05, 0) is 79.8 Å². The van der Waals surface area contributed by atoms with Crippen LogP contribution in [-0.4, -0.2) is 113 Å². The number of nitrogens with zero attached hydrogens (tertiary/aromatic N) is 7. The van der Waals surface area contributed by atoms with E-state index in [-0.39, 0.29) is 42.1 Å². The number of anilines is 2. The first-order valence-electron chi connectivity index (χ1n) is 18.3. The summed E-state index contributed by atoms with van der Waals surface area (Å²) < 4.78 is 75.8. The first-order chi connectivity index (χ1) is 25.3. The third-order valence-corrected chi connectivity index (χ3v) is 11.9. The van der Waals surface area contributed by atoms with E-state index in [1.54, 1.807) is 16.0 Å². The minimum atomic E-state index is -4.61. The average Bonchev–Trinajstić information content (AvgIpc) is 3.63. The summed E-state index contributed by atoms with van der Waals surface area (Å²) in [5.41, 5.74) is 4.15. The number of ether oxygens (including phenoxy) is 1. The van der Waals surface area contributed by atoms with Crippen LogP contribution in [0.2, 0.25) is 0 Å². The topological polar surface area (TPSA) is 93.7 Å². The second-order valence-corrected chi connectivity index (χ2v) is 15.7. The maximum atomic E-state index is 14.1. The summed E-state index contributed by atoms with van der Waals surface area (Å²) in [6, 6.07) is 5.79. The third kappa shape index (κ3) is 6.14. The van der Waals surface area contributed by atoms with E-state index >= 15 is 0 Å². The molecule has 53 heavy (non-hydrogen) atoms. The van der Waals surface area contributed by atoms with Crippen molar-refractivity contribution in [1.29, 1.82) is 0 Å². The number of fused-ring (bicyclic) bond motifs is 2. The fourth-order valence-corrected chi connectivity index (χ4v) is 8.92. The highest BCUT2D eigenvalue weighted by Crippen LogP contribution is 2.53. The lowest BCUT2D eigenvalue weighted by molar-refractivity contribution is -0.153. The number of amides is 1. The Bertz CT molecular complexity index is 2110. The summed E-state index contributed by atoms with van der Waals surface area (Å²) in [4.78, 5) is 30.1. The number of halogens is 5. The van der Waals surface area contributed by atoms with Crippen molar-refractivity contribution in [1.82, 2.24) is 30.0 Å². The summed E-state index contributed by atoms with van der Waals surface area (Å²) in [5.74, 6) is -1.62. The molecule has 4 aliphatic heterocycles. The minimum Gasteiger partial charge on any atom is -0.481 e. The van der Waals surface area contributed by atoms with E-state index in [1.165, 1.54) is 6.08 Å². The molecule has 1 N–H and O–H groups in total. The van der Waals surface area contributed by atoms with Gasteiger partial charge < -0.3 is 19.4 Å². The highest BCUT2D eigenvalue weighted by Gasteiger charge is 2.49. The predicted molar refractivity (Wildman–Crippen MR) is 191 cm³/mol. The molecule has 1 amide bonds. The molecule has 0 unspecified atom stereocenters. The number of alkyl halides is 5. The van der Waals surface area contributed by atoms with Gasteiger partial charge in [-0.2, -0.15) is 23.3 Å². The number of carbonyl (C=O) groups is 1. The van der Waals surface area contributed by atoms with Crippen LogP contribution in [0.1, 0.15) is 49.1 Å². The van der Waals surface area contributed by atoms with Gasteiger partial charge in [0.05, 0.1) is 24.8 Å². The smallest absolute Gasteiger partial charge is 0.422 e. The highest BCUT2D eigenvalue weighted by molar-refractivity contribution is 6.06. The van der Waals surface area contributed by atoms with E-state index in [0.29, 0.717) is 73.9 Å². The Morgan fingerprint density at radius 1 is 1.02 bits per heavy atom. The summed E-state index contributed by atoms with van der Waals surface area (Å²) in [6.45, 7) is 7.02. The predicted octanol–water partition coefficient (Wildman–Crippen LogP) is 6.44. The molecule has 4 saturated heterocycles. The summed E-state index contributed by atoms with van der Waals surface area (Å²) in [6.07, 6.45) is 2.48. The van der Waals surface area contributed by atoms with E-state index in [9.17, 15) is 26.7 Å². The number of carbonyl (C=O) groups excluding carboxylic acids is 1. The van der Waals surface area contributed by atoms with Crippen molar-refractivity contribution in [3.05, 3.63) is 48.2 Å². The summed E-state index contributed by atoms with van der Waals surface area (Å²) >= 11 is 0. The zero-order valence-corrected chi connectivity index (χ0v) is 29.5. The molecule has 1 saturated carbocycles. The van der Waals surface area contributed by atoms with Crippen LogP contribution in [-0.2, 0) is 4.79 Å². The van der Waals surface area contributed by atoms with Gasteiger partial charge >= 0.3 is 6.18 Å². The number of benzene rings is 2. The van der Waals surface area contributed by atoms with E-state index in [0.717, 1.165) is 53.3 Å². The monoisotopic (exact) mass is 736 g/mol. The molecule has 2 aromatic heterocycles. The third-order valence-electron chi connectivity index (χ3n) is 11.9. The van der Waals surface area contributed by atoms with Gasteiger partial charge in [-0.3, -0.25) is 14.8 Å². The molecule has 1 atom stereocenters. The summed E-state index contributed by atoms with van der Waals surface area (Å²) in [5, 5.41) is 8.66. The Labute approximate surface area is 303 Å². The van der Waals surface area contributed by atoms with Crippen LogP contribution in [0.15, 0.2) is 37.1 Å². The van der Waals surface area contributed by atoms with Crippen LogP contribution < -0.4 is 14.5 Å². The molecule has 5 fully saturated rings. The van der Waals surface area contributed by atoms with Crippen LogP contribution in [0, 0.1) is 12.3 Å². The van der Waals surface area contributed by atoms with Crippen molar-refractivity contribution < 1.29 is 31.5 Å². The lowest BCUT2D eigenvalue weighted by atomic mass is 9.72. The molecule has 15 heteroatoms. The van der Waals surface area contributed by atoms with Crippen molar-refractivity contribution in [3.63, 3.8) is 0 Å². The first-order valence-corrected chi connectivity index (χ1v) is 18.3. The summed E-state index contributed by atoms with van der Waals surface area (Å²) in [7, 11) is 0. The first kappa shape index (κ1) is 34.3. The highest BCUT2D eigenvalue weighted by atomic mass is 19.4. The molecule has 1 spiro atoms. The Morgan fingerprint density at radius 2 is 1.77 bits per heavy atom. The van der Waals surface area contributed by atoms with Crippen LogP contribution in [0.25, 0.3) is 32.9 Å². The molecular formula is C38H41F5N8O2. The van der Waals surface area contributed by atoms with Gasteiger partial charge in [-0.1, -0.05) is 12.6 Å². The molecule has 0 bridgehead atoms. The Kier molecular flexibility index (Phi) is 7.92. The molecule has 1 aliphatic carbocycles. The molecule has 2 aromatic carbocycles. The van der Waals surface area contributed by atoms with E-state index in [4.69, 9.17) is 14.7 Å². The Balaban J connectivity index is 1.19. The molecule has 280 valence electrons. The maximum absolute atomic E-state index is 14.1. The molecule has 6 heterocycles. The van der Waals surface area contributed by atoms with Gasteiger partial charge in [0.25, 0.3) is 5.92 Å². The number of aromatic amines is 1. The number of aromatic nitrogens is 4. The molecular weight excluding hydrogens is 695 g/mol. The van der Waals surface area contributed by atoms with Gasteiger partial charge in [0, 0.05) is 67.1 Å². The fraction of sp³-hybridized carbons (Fsp3) is 0.526. The van der Waals surface area contributed by atoms with Crippen LogP contribution in [0.3, 0.4) is 0 Å². The van der Waals surface area contributed by atoms with Gasteiger partial charge in [0.1, 0.15) is 11.3 Å². The fourth-order valence-electron chi connectivity index (χ4n) is 8.92. The molecule has 10 nitrogen and oxygen atoms in total. The van der Waals surface area contributed by atoms with Crippen molar-refractivity contribution in [2.75, 3.05) is 68.8 Å². The van der Waals surface area contributed by atoms with E-state index < -0.39 is 18.7 Å². The molecule has 5 aliphatic rings. The van der Waals surface area contributed by atoms with Crippen LogP contribution >= 0.6 is 0 Å². The Hall–Kier alpha value is -4.53. The zero-order chi connectivity index (χ0) is 36.9. The molecule has 0 radical (unpaired) electrons. The van der Waals surface area contributed by atoms with Crippen molar-refractivity contribution in [2.45, 2.75) is 63.1 Å². The second-order valence-electron chi connectivity index (χ2n) is 15.7. The largest absolute Gasteiger partial charge is 0.481 e. The Morgan fingerprint density at radius 3 is 2.45 bits per heavy atom. The van der Waals surface area contributed by atoms with Gasteiger partial charge in [0.2, 0.25) is 11.9 Å². The van der Waals surface area contributed by atoms with E-state index in [2.05, 4.69) is 27.7 Å². The minimum absolute atomic E-state index is 0.00356. The lowest BCUT2D eigenvalue weighted by Gasteiger charge is -2.54. The van der Waals surface area contributed by atoms with E-state index in [1.807, 2.05) is 24.0 Å². The van der Waals surface area contributed by atoms with Gasteiger partial charge in [-0.25, -0.2) is 13.8 Å². The second kappa shape index (κ2) is 12.3. The SMILES string of the molecule is C=CC(=O)N1CC2(CCN(c3nc(N4CC[C@H](N5CC(F)(F)C5)C4)nc4c(OCC(F)(F)F)c(-c5c(C)ccc6[nH]ncc56)c(C5CC5)cc34)CC2)C1. The number of aryl methyl sites for hydroxylation is 1. The lowest BCUT2D eigenvalue weighted by Crippen LogP contribution is -2.61. The molecule has 4 aromatic rings.